The maximum Gasteiger partial charge on any atom is 0.410 e. The van der Waals surface area contributed by atoms with Crippen molar-refractivity contribution in [3.05, 3.63) is 35.9 Å². The van der Waals surface area contributed by atoms with Crippen LogP contribution < -0.4 is 14.8 Å². The zero-order valence-corrected chi connectivity index (χ0v) is 21.1. The number of amides is 1. The molecule has 3 rings (SSSR count). The second-order valence-corrected chi connectivity index (χ2v) is 9.49. The van der Waals surface area contributed by atoms with Gasteiger partial charge in [-0.25, -0.2) is 4.79 Å². The summed E-state index contributed by atoms with van der Waals surface area (Å²) in [5.41, 5.74) is 2.27. The van der Waals surface area contributed by atoms with E-state index in [0.717, 1.165) is 24.0 Å². The van der Waals surface area contributed by atoms with E-state index in [-0.39, 0.29) is 24.3 Å². The minimum absolute atomic E-state index is 0.0386. The zero-order valence-electron chi connectivity index (χ0n) is 21.1. The Bertz CT molecular complexity index is 961. The van der Waals surface area contributed by atoms with Crippen LogP contribution in [0, 0.1) is 0 Å². The summed E-state index contributed by atoms with van der Waals surface area (Å²) in [5.74, 6) is 0.895. The van der Waals surface area contributed by atoms with Gasteiger partial charge in [0, 0.05) is 38.4 Å². The Morgan fingerprint density at radius 1 is 1.09 bits per heavy atom. The lowest BCUT2D eigenvalue weighted by Gasteiger charge is -2.31. The molecule has 1 aromatic carbocycles. The van der Waals surface area contributed by atoms with Crippen LogP contribution in [0.3, 0.4) is 0 Å². The van der Waals surface area contributed by atoms with Crippen molar-refractivity contribution in [3.8, 4) is 22.9 Å². The van der Waals surface area contributed by atoms with Gasteiger partial charge in [0.05, 0.1) is 32.1 Å². The predicted octanol–water partition coefficient (Wildman–Crippen LogP) is 3.66. The Hall–Kier alpha value is -2.91. The molecule has 0 spiro atoms. The third-order valence-corrected chi connectivity index (χ3v) is 5.94. The molecule has 3 atom stereocenters. The van der Waals surface area contributed by atoms with Crippen molar-refractivity contribution in [2.75, 3.05) is 28.4 Å². The number of carbonyl (C=O) groups is 1. The molecule has 0 aliphatic heterocycles. The van der Waals surface area contributed by atoms with E-state index in [0.29, 0.717) is 23.9 Å². The van der Waals surface area contributed by atoms with E-state index in [4.69, 9.17) is 18.9 Å². The molecule has 0 saturated heterocycles. The van der Waals surface area contributed by atoms with Gasteiger partial charge in [0.2, 0.25) is 0 Å². The largest absolute Gasteiger partial charge is 0.491 e. The first-order valence-corrected chi connectivity index (χ1v) is 11.4. The van der Waals surface area contributed by atoms with Gasteiger partial charge in [-0.15, -0.1) is 10.2 Å². The van der Waals surface area contributed by atoms with E-state index >= 15 is 0 Å². The van der Waals surface area contributed by atoms with Gasteiger partial charge >= 0.3 is 6.09 Å². The summed E-state index contributed by atoms with van der Waals surface area (Å²) in [4.78, 5) is 14.2. The molecule has 2 aromatic rings. The van der Waals surface area contributed by atoms with Crippen LogP contribution in [0.5, 0.6) is 11.6 Å². The molecule has 9 nitrogen and oxygen atoms in total. The lowest BCUT2D eigenvalue weighted by Crippen LogP contribution is -2.44. The van der Waals surface area contributed by atoms with Crippen LogP contribution >= 0.6 is 0 Å². The molecule has 1 aliphatic rings. The number of nitrogens with zero attached hydrogens (tertiary/aromatic N) is 3. The van der Waals surface area contributed by atoms with E-state index in [1.54, 1.807) is 26.2 Å². The predicted molar refractivity (Wildman–Crippen MR) is 129 cm³/mol. The first-order valence-electron chi connectivity index (χ1n) is 11.4. The summed E-state index contributed by atoms with van der Waals surface area (Å²) in [7, 11) is 6.58. The minimum atomic E-state index is -0.529. The zero-order chi connectivity index (χ0) is 24.9. The molecule has 9 heteroatoms. The number of nitrogens with one attached hydrogen (secondary N) is 1. The second-order valence-electron chi connectivity index (χ2n) is 9.49. The van der Waals surface area contributed by atoms with Crippen molar-refractivity contribution < 1.29 is 23.7 Å². The van der Waals surface area contributed by atoms with Gasteiger partial charge in [0.25, 0.3) is 5.88 Å². The molecule has 1 amide bonds. The molecular formula is C25H36N4O5. The average Bonchev–Trinajstić information content (AvgIpc) is 3.24. The quantitative estimate of drug-likeness (QED) is 0.622. The van der Waals surface area contributed by atoms with E-state index in [2.05, 4.69) is 27.6 Å². The number of likely N-dealkylation sites (N-methyl/N-ethyl adjacent to an activating group) is 1. The van der Waals surface area contributed by atoms with Crippen LogP contribution in [-0.2, 0) is 16.0 Å². The van der Waals surface area contributed by atoms with Gasteiger partial charge < -0.3 is 29.2 Å². The fourth-order valence-electron chi connectivity index (χ4n) is 4.12. The first-order chi connectivity index (χ1) is 16.1. The van der Waals surface area contributed by atoms with Crippen molar-refractivity contribution in [2.45, 2.75) is 63.9 Å². The van der Waals surface area contributed by atoms with Crippen LogP contribution in [0.25, 0.3) is 11.3 Å². The Kier molecular flexibility index (Phi) is 8.33. The summed E-state index contributed by atoms with van der Waals surface area (Å²) in [6.07, 6.45) is 1.26. The lowest BCUT2D eigenvalue weighted by molar-refractivity contribution is -0.000463. The van der Waals surface area contributed by atoms with Gasteiger partial charge in [0.15, 0.2) is 5.75 Å². The van der Waals surface area contributed by atoms with Crippen LogP contribution in [0.1, 0.15) is 39.2 Å². The summed E-state index contributed by atoms with van der Waals surface area (Å²) >= 11 is 0. The van der Waals surface area contributed by atoms with Gasteiger partial charge in [-0.1, -0.05) is 24.3 Å². The summed E-state index contributed by atoms with van der Waals surface area (Å²) < 4.78 is 21.7. The number of ether oxygens (including phenoxy) is 4. The molecule has 34 heavy (non-hydrogen) atoms. The number of carbonyl (C=O) groups excluding carboxylic acids is 1. The lowest BCUT2D eigenvalue weighted by atomic mass is 10.1. The van der Waals surface area contributed by atoms with Crippen LogP contribution in [0.2, 0.25) is 0 Å². The molecule has 1 saturated carbocycles. The normalized spacial score (nSPS) is 20.1. The van der Waals surface area contributed by atoms with Gasteiger partial charge in [-0.2, -0.15) is 0 Å². The SMILES string of the molecule is COc1cc(-c2ccc(CN[C@H]3C[C@H](OC)[C@@H](N(C)C(=O)OC(C)(C)C)C3)cc2)nnc1OC. The summed E-state index contributed by atoms with van der Waals surface area (Å²) in [6, 6.07) is 10.2. The highest BCUT2D eigenvalue weighted by atomic mass is 16.6. The van der Waals surface area contributed by atoms with Crippen molar-refractivity contribution in [2.24, 2.45) is 0 Å². The number of rotatable bonds is 8. The number of aromatic nitrogens is 2. The van der Waals surface area contributed by atoms with Gasteiger partial charge in [-0.3, -0.25) is 0 Å². The third-order valence-electron chi connectivity index (χ3n) is 5.94. The van der Waals surface area contributed by atoms with Crippen molar-refractivity contribution >= 4 is 6.09 Å². The van der Waals surface area contributed by atoms with Crippen LogP contribution in [0.4, 0.5) is 4.79 Å². The van der Waals surface area contributed by atoms with Gasteiger partial charge in [0.1, 0.15) is 5.60 Å². The average molecular weight is 473 g/mol. The standard InChI is InChI=1S/C25H36N4O5/c1-25(2,3)34-24(30)29(4)20-12-18(13-21(20)31-5)26-15-16-8-10-17(11-9-16)19-14-22(32-6)23(33-7)28-27-19/h8-11,14,18,20-21,26H,12-13,15H2,1-7H3/t18-,20+,21+/m1/s1. The number of benzene rings is 1. The number of hydrogen-bond acceptors (Lipinski definition) is 8. The molecule has 0 unspecified atom stereocenters. The van der Waals surface area contributed by atoms with Crippen LogP contribution in [0.15, 0.2) is 30.3 Å². The van der Waals surface area contributed by atoms with Crippen molar-refractivity contribution in [1.82, 2.24) is 20.4 Å². The molecule has 186 valence electrons. The Morgan fingerprint density at radius 3 is 2.38 bits per heavy atom. The maximum absolute atomic E-state index is 12.5. The fraction of sp³-hybridized carbons (Fsp3) is 0.560. The van der Waals surface area contributed by atoms with Crippen molar-refractivity contribution in [3.63, 3.8) is 0 Å². The van der Waals surface area contributed by atoms with E-state index in [1.807, 2.05) is 39.0 Å². The minimum Gasteiger partial charge on any atom is -0.491 e. The van der Waals surface area contributed by atoms with E-state index < -0.39 is 5.60 Å². The fourth-order valence-corrected chi connectivity index (χ4v) is 4.12. The molecule has 1 aromatic heterocycles. The molecule has 1 heterocycles. The highest BCUT2D eigenvalue weighted by Crippen LogP contribution is 2.29. The maximum atomic E-state index is 12.5. The van der Waals surface area contributed by atoms with Crippen molar-refractivity contribution in [1.29, 1.82) is 0 Å². The topological polar surface area (TPSA) is 95.0 Å². The van der Waals surface area contributed by atoms with E-state index in [1.165, 1.54) is 7.11 Å². The first kappa shape index (κ1) is 25.7. The molecule has 0 bridgehead atoms. The van der Waals surface area contributed by atoms with Gasteiger partial charge in [-0.05, 0) is 39.2 Å². The third kappa shape index (κ3) is 6.36. The molecular weight excluding hydrogens is 436 g/mol. The molecule has 1 aliphatic carbocycles. The monoisotopic (exact) mass is 472 g/mol. The smallest absolute Gasteiger partial charge is 0.410 e. The second kappa shape index (κ2) is 11.0. The Labute approximate surface area is 201 Å². The Balaban J connectivity index is 1.59. The molecule has 1 fully saturated rings. The van der Waals surface area contributed by atoms with Crippen LogP contribution in [-0.4, -0.2) is 73.4 Å². The Morgan fingerprint density at radius 2 is 1.79 bits per heavy atom. The molecule has 0 radical (unpaired) electrons. The highest BCUT2D eigenvalue weighted by Gasteiger charge is 2.39. The number of hydrogen-bond donors (Lipinski definition) is 1. The molecule has 1 N–H and O–H groups in total. The summed E-state index contributed by atoms with van der Waals surface area (Å²) in [6.45, 7) is 6.32. The summed E-state index contributed by atoms with van der Waals surface area (Å²) in [5, 5.41) is 11.9. The van der Waals surface area contributed by atoms with E-state index in [9.17, 15) is 4.79 Å². The highest BCUT2D eigenvalue weighted by molar-refractivity contribution is 5.68. The number of methoxy groups -OCH3 is 3.